The van der Waals surface area contributed by atoms with Crippen molar-refractivity contribution in [2.75, 3.05) is 13.6 Å². The topological polar surface area (TPSA) is 29.9 Å². The Morgan fingerprint density at radius 2 is 2.36 bits per heavy atom. The maximum atomic E-state index is 4.62. The Bertz CT molecular complexity index is 328. The first-order valence-electron chi connectivity index (χ1n) is 5.40. The Hall–Kier alpha value is -0.830. The Kier molecular flexibility index (Phi) is 2.59. The third kappa shape index (κ3) is 1.46. The van der Waals surface area contributed by atoms with E-state index in [9.17, 15) is 0 Å². The van der Waals surface area contributed by atoms with Crippen LogP contribution in [0.3, 0.4) is 0 Å². The lowest BCUT2D eigenvalue weighted by atomic mass is 9.89. The van der Waals surface area contributed by atoms with Gasteiger partial charge in [-0.3, -0.25) is 0 Å². The van der Waals surface area contributed by atoms with Gasteiger partial charge in [0.2, 0.25) is 0 Å². The van der Waals surface area contributed by atoms with Gasteiger partial charge in [-0.2, -0.15) is 0 Å². The van der Waals surface area contributed by atoms with Crippen molar-refractivity contribution in [1.82, 2.24) is 14.9 Å². The molecule has 0 aromatic carbocycles. The molecule has 1 heterocycles. The highest BCUT2D eigenvalue weighted by molar-refractivity contribution is 5.24. The molecule has 0 spiro atoms. The van der Waals surface area contributed by atoms with E-state index >= 15 is 0 Å². The molecule has 1 unspecified atom stereocenters. The molecule has 0 amide bonds. The first-order valence-corrected chi connectivity index (χ1v) is 5.40. The fraction of sp³-hybridized carbons (Fsp3) is 0.727. The first-order chi connectivity index (χ1) is 6.74. The summed E-state index contributed by atoms with van der Waals surface area (Å²) in [5.41, 5.74) is 2.79. The zero-order valence-corrected chi connectivity index (χ0v) is 9.30. The number of likely N-dealkylation sites (N-methyl/N-ethyl adjacent to an activating group) is 1. The van der Waals surface area contributed by atoms with E-state index in [0.29, 0.717) is 5.92 Å². The van der Waals surface area contributed by atoms with E-state index in [2.05, 4.69) is 28.8 Å². The van der Waals surface area contributed by atoms with E-state index in [1.165, 1.54) is 24.2 Å². The standard InChI is InChI=1S/C11H19N3/c1-8-13-10-6-4-5-9(7-12-2)11(10)14(8)3/h9,12H,4-7H2,1-3H3. The maximum absolute atomic E-state index is 4.62. The largest absolute Gasteiger partial charge is 0.335 e. The average molecular weight is 193 g/mol. The van der Waals surface area contributed by atoms with Gasteiger partial charge in [0, 0.05) is 25.2 Å². The predicted octanol–water partition coefficient (Wildman–Crippen LogP) is 1.37. The number of nitrogens with one attached hydrogen (secondary N) is 1. The molecule has 1 atom stereocenters. The average Bonchev–Trinajstić information content (AvgIpc) is 2.45. The highest BCUT2D eigenvalue weighted by atomic mass is 15.1. The molecule has 1 N–H and O–H groups in total. The number of fused-ring (bicyclic) bond motifs is 1. The van der Waals surface area contributed by atoms with Crippen LogP contribution in [-0.4, -0.2) is 23.1 Å². The van der Waals surface area contributed by atoms with E-state index in [4.69, 9.17) is 0 Å². The fourth-order valence-corrected chi connectivity index (χ4v) is 2.49. The molecule has 0 saturated carbocycles. The van der Waals surface area contributed by atoms with Crippen molar-refractivity contribution < 1.29 is 0 Å². The summed E-state index contributed by atoms with van der Waals surface area (Å²) in [7, 11) is 4.16. The minimum absolute atomic E-state index is 0.662. The number of aryl methyl sites for hydroxylation is 2. The van der Waals surface area contributed by atoms with Crippen molar-refractivity contribution in [3.8, 4) is 0 Å². The molecular weight excluding hydrogens is 174 g/mol. The summed E-state index contributed by atoms with van der Waals surface area (Å²) >= 11 is 0. The third-order valence-corrected chi connectivity index (χ3v) is 3.24. The molecule has 14 heavy (non-hydrogen) atoms. The van der Waals surface area contributed by atoms with Gasteiger partial charge in [0.05, 0.1) is 5.69 Å². The van der Waals surface area contributed by atoms with Crippen LogP contribution in [0.1, 0.15) is 36.0 Å². The summed E-state index contributed by atoms with van der Waals surface area (Å²) in [6.07, 6.45) is 3.75. The minimum Gasteiger partial charge on any atom is -0.335 e. The van der Waals surface area contributed by atoms with Gasteiger partial charge in [-0.05, 0) is 33.2 Å². The summed E-state index contributed by atoms with van der Waals surface area (Å²) < 4.78 is 2.26. The van der Waals surface area contributed by atoms with Crippen LogP contribution in [0.2, 0.25) is 0 Å². The second-order valence-corrected chi connectivity index (χ2v) is 4.20. The monoisotopic (exact) mass is 193 g/mol. The highest BCUT2D eigenvalue weighted by Crippen LogP contribution is 2.30. The van der Waals surface area contributed by atoms with Crippen molar-refractivity contribution in [1.29, 1.82) is 0 Å². The smallest absolute Gasteiger partial charge is 0.105 e. The molecule has 0 saturated heterocycles. The predicted molar refractivity (Wildman–Crippen MR) is 57.6 cm³/mol. The van der Waals surface area contributed by atoms with E-state index in [1.54, 1.807) is 0 Å². The van der Waals surface area contributed by atoms with Gasteiger partial charge >= 0.3 is 0 Å². The van der Waals surface area contributed by atoms with Crippen LogP contribution in [0.4, 0.5) is 0 Å². The quantitative estimate of drug-likeness (QED) is 0.768. The molecule has 1 aliphatic carbocycles. The van der Waals surface area contributed by atoms with E-state index in [1.807, 2.05) is 7.05 Å². The maximum Gasteiger partial charge on any atom is 0.105 e. The van der Waals surface area contributed by atoms with Gasteiger partial charge in [0.1, 0.15) is 5.82 Å². The molecule has 0 fully saturated rings. The number of rotatable bonds is 2. The Balaban J connectivity index is 2.36. The third-order valence-electron chi connectivity index (χ3n) is 3.24. The Labute approximate surface area is 85.5 Å². The van der Waals surface area contributed by atoms with Gasteiger partial charge in [0.25, 0.3) is 0 Å². The molecule has 2 rings (SSSR count). The van der Waals surface area contributed by atoms with E-state index in [-0.39, 0.29) is 0 Å². The highest BCUT2D eigenvalue weighted by Gasteiger charge is 2.24. The number of aromatic nitrogens is 2. The van der Waals surface area contributed by atoms with Gasteiger partial charge < -0.3 is 9.88 Å². The first kappa shape index (κ1) is 9.71. The zero-order valence-electron chi connectivity index (χ0n) is 9.30. The van der Waals surface area contributed by atoms with Crippen LogP contribution in [0.15, 0.2) is 0 Å². The number of hydrogen-bond donors (Lipinski definition) is 1. The van der Waals surface area contributed by atoms with E-state index < -0.39 is 0 Å². The number of hydrogen-bond acceptors (Lipinski definition) is 2. The molecule has 1 aromatic heterocycles. The molecule has 3 nitrogen and oxygen atoms in total. The molecule has 1 aliphatic rings. The van der Waals surface area contributed by atoms with Crippen molar-refractivity contribution >= 4 is 0 Å². The van der Waals surface area contributed by atoms with Crippen LogP contribution in [-0.2, 0) is 13.5 Å². The molecule has 0 bridgehead atoms. The van der Waals surface area contributed by atoms with Crippen LogP contribution >= 0.6 is 0 Å². The molecule has 0 aliphatic heterocycles. The summed E-state index contributed by atoms with van der Waals surface area (Å²) in [4.78, 5) is 4.62. The van der Waals surface area contributed by atoms with Crippen molar-refractivity contribution in [2.24, 2.45) is 7.05 Å². The SMILES string of the molecule is CNCC1CCCc2nc(C)n(C)c21. The van der Waals surface area contributed by atoms with Crippen LogP contribution < -0.4 is 5.32 Å². The van der Waals surface area contributed by atoms with Gasteiger partial charge in [-0.25, -0.2) is 4.98 Å². The lowest BCUT2D eigenvalue weighted by Gasteiger charge is -2.23. The van der Waals surface area contributed by atoms with Crippen molar-refractivity contribution in [3.05, 3.63) is 17.2 Å². The van der Waals surface area contributed by atoms with E-state index in [0.717, 1.165) is 18.8 Å². The van der Waals surface area contributed by atoms with Crippen molar-refractivity contribution in [2.45, 2.75) is 32.1 Å². The normalized spacial score (nSPS) is 20.9. The molecule has 0 radical (unpaired) electrons. The summed E-state index contributed by atoms with van der Waals surface area (Å²) in [6, 6.07) is 0. The lowest BCUT2D eigenvalue weighted by Crippen LogP contribution is -2.23. The van der Waals surface area contributed by atoms with Crippen LogP contribution in [0, 0.1) is 6.92 Å². The van der Waals surface area contributed by atoms with Crippen LogP contribution in [0.25, 0.3) is 0 Å². The molecule has 78 valence electrons. The molecular formula is C11H19N3. The van der Waals surface area contributed by atoms with Gasteiger partial charge in [0.15, 0.2) is 0 Å². The minimum atomic E-state index is 0.662. The molecule has 3 heteroatoms. The van der Waals surface area contributed by atoms with Crippen LogP contribution in [0.5, 0.6) is 0 Å². The summed E-state index contributed by atoms with van der Waals surface area (Å²) in [5.74, 6) is 1.81. The summed E-state index contributed by atoms with van der Waals surface area (Å²) in [6.45, 7) is 3.17. The second-order valence-electron chi connectivity index (χ2n) is 4.20. The van der Waals surface area contributed by atoms with Gasteiger partial charge in [-0.15, -0.1) is 0 Å². The summed E-state index contributed by atoms with van der Waals surface area (Å²) in [5, 5.41) is 3.27. The van der Waals surface area contributed by atoms with Crippen molar-refractivity contribution in [3.63, 3.8) is 0 Å². The molecule has 1 aromatic rings. The Morgan fingerprint density at radius 1 is 1.57 bits per heavy atom. The number of nitrogens with zero attached hydrogens (tertiary/aromatic N) is 2. The second kappa shape index (κ2) is 3.73. The number of imidazole rings is 1. The lowest BCUT2D eigenvalue weighted by molar-refractivity contribution is 0.500. The zero-order chi connectivity index (χ0) is 10.1. The Morgan fingerprint density at radius 3 is 3.07 bits per heavy atom. The fourth-order valence-electron chi connectivity index (χ4n) is 2.49. The van der Waals surface area contributed by atoms with Gasteiger partial charge in [-0.1, -0.05) is 0 Å².